The number of aryl methyl sites for hydroxylation is 1. The SMILES string of the molecule is Cc1cc(CC(=O)CS(=O)(=O)c2cn(Cc3ccc(Cl)c(Cl)c3)c3ccccc23)no1. The normalized spacial score (nSPS) is 11.8. The highest BCUT2D eigenvalue weighted by Gasteiger charge is 2.25. The van der Waals surface area contributed by atoms with Gasteiger partial charge in [-0.15, -0.1) is 0 Å². The Kier molecular flexibility index (Phi) is 5.92. The number of hydrogen-bond acceptors (Lipinski definition) is 5. The summed E-state index contributed by atoms with van der Waals surface area (Å²) >= 11 is 12.1. The van der Waals surface area contributed by atoms with Crippen LogP contribution in [0, 0.1) is 6.92 Å². The fourth-order valence-electron chi connectivity index (χ4n) is 3.47. The lowest BCUT2D eigenvalue weighted by molar-refractivity contribution is -0.116. The number of halogens is 2. The van der Waals surface area contributed by atoms with Crippen LogP contribution in [0.3, 0.4) is 0 Å². The van der Waals surface area contributed by atoms with Gasteiger partial charge in [-0.25, -0.2) is 8.42 Å². The van der Waals surface area contributed by atoms with Gasteiger partial charge in [-0.3, -0.25) is 4.79 Å². The molecule has 4 aromatic rings. The van der Waals surface area contributed by atoms with Gasteiger partial charge in [0.2, 0.25) is 0 Å². The molecule has 0 saturated heterocycles. The van der Waals surface area contributed by atoms with Gasteiger partial charge in [0.1, 0.15) is 11.5 Å². The number of fused-ring (bicyclic) bond motifs is 1. The van der Waals surface area contributed by atoms with Crippen LogP contribution in [0.15, 0.2) is 64.1 Å². The first-order valence-electron chi connectivity index (χ1n) is 9.41. The third-order valence-electron chi connectivity index (χ3n) is 4.83. The Hall–Kier alpha value is -2.61. The van der Waals surface area contributed by atoms with Crippen molar-refractivity contribution < 1.29 is 17.7 Å². The first-order chi connectivity index (χ1) is 14.7. The van der Waals surface area contributed by atoms with E-state index in [0.717, 1.165) is 11.1 Å². The van der Waals surface area contributed by atoms with Gasteiger partial charge in [-0.05, 0) is 30.7 Å². The lowest BCUT2D eigenvalue weighted by Crippen LogP contribution is -2.18. The van der Waals surface area contributed by atoms with Crippen molar-refractivity contribution in [3.63, 3.8) is 0 Å². The molecule has 9 heteroatoms. The third-order valence-corrected chi connectivity index (χ3v) is 7.27. The van der Waals surface area contributed by atoms with Crippen LogP contribution in [-0.4, -0.2) is 29.7 Å². The molecule has 0 spiro atoms. The molecular weight excluding hydrogens is 459 g/mol. The molecule has 0 atom stereocenters. The maximum absolute atomic E-state index is 13.1. The fraction of sp³-hybridized carbons (Fsp3) is 0.182. The van der Waals surface area contributed by atoms with E-state index in [1.165, 1.54) is 0 Å². The monoisotopic (exact) mass is 476 g/mol. The minimum Gasteiger partial charge on any atom is -0.361 e. The van der Waals surface area contributed by atoms with Gasteiger partial charge in [-0.2, -0.15) is 0 Å². The molecule has 0 amide bonds. The Labute approximate surface area is 189 Å². The highest BCUT2D eigenvalue weighted by atomic mass is 35.5. The van der Waals surface area contributed by atoms with Crippen molar-refractivity contribution in [3.8, 4) is 0 Å². The van der Waals surface area contributed by atoms with E-state index < -0.39 is 21.4 Å². The Bertz CT molecular complexity index is 1390. The molecule has 0 aliphatic rings. The summed E-state index contributed by atoms with van der Waals surface area (Å²) in [5, 5.41) is 5.20. The maximum Gasteiger partial charge on any atom is 0.187 e. The predicted molar refractivity (Wildman–Crippen MR) is 120 cm³/mol. The number of rotatable bonds is 7. The Morgan fingerprint density at radius 3 is 2.58 bits per heavy atom. The first kappa shape index (κ1) is 21.6. The molecule has 0 N–H and O–H groups in total. The van der Waals surface area contributed by atoms with Crippen LogP contribution in [0.4, 0.5) is 0 Å². The molecule has 6 nitrogen and oxygen atoms in total. The van der Waals surface area contributed by atoms with Gasteiger partial charge in [0, 0.05) is 29.7 Å². The summed E-state index contributed by atoms with van der Waals surface area (Å²) in [6.07, 6.45) is 1.47. The average molecular weight is 477 g/mol. The highest BCUT2D eigenvalue weighted by molar-refractivity contribution is 7.92. The minimum atomic E-state index is -3.86. The molecule has 0 fully saturated rings. The Morgan fingerprint density at radius 2 is 1.87 bits per heavy atom. The van der Waals surface area contributed by atoms with Gasteiger partial charge in [0.15, 0.2) is 15.6 Å². The van der Waals surface area contributed by atoms with E-state index in [-0.39, 0.29) is 11.3 Å². The zero-order valence-corrected chi connectivity index (χ0v) is 18.8. The third kappa shape index (κ3) is 4.69. The summed E-state index contributed by atoms with van der Waals surface area (Å²) in [7, 11) is -3.86. The molecule has 0 bridgehead atoms. The van der Waals surface area contributed by atoms with E-state index in [2.05, 4.69) is 5.16 Å². The van der Waals surface area contributed by atoms with Crippen molar-refractivity contribution in [1.82, 2.24) is 9.72 Å². The van der Waals surface area contributed by atoms with Crippen LogP contribution in [-0.2, 0) is 27.6 Å². The summed E-state index contributed by atoms with van der Waals surface area (Å²) in [6, 6.07) is 14.1. The number of benzene rings is 2. The van der Waals surface area contributed by atoms with E-state index in [1.54, 1.807) is 43.5 Å². The topological polar surface area (TPSA) is 82.2 Å². The van der Waals surface area contributed by atoms with Crippen molar-refractivity contribution in [1.29, 1.82) is 0 Å². The molecule has 31 heavy (non-hydrogen) atoms. The summed E-state index contributed by atoms with van der Waals surface area (Å²) in [5.74, 6) is -0.495. The van der Waals surface area contributed by atoms with Gasteiger partial charge in [0.25, 0.3) is 0 Å². The molecular formula is C22H18Cl2N2O4S. The number of para-hydroxylation sites is 1. The number of Topliss-reactive ketones (excluding diaryl/α,β-unsaturated/α-hetero) is 1. The van der Waals surface area contributed by atoms with Crippen LogP contribution < -0.4 is 0 Å². The van der Waals surface area contributed by atoms with Gasteiger partial charge >= 0.3 is 0 Å². The van der Waals surface area contributed by atoms with E-state index in [0.29, 0.717) is 33.4 Å². The molecule has 0 aliphatic carbocycles. The van der Waals surface area contributed by atoms with Crippen molar-refractivity contribution in [2.24, 2.45) is 0 Å². The maximum atomic E-state index is 13.1. The minimum absolute atomic E-state index is 0.0987. The number of sulfone groups is 1. The summed E-state index contributed by atoms with van der Waals surface area (Å²) in [4.78, 5) is 12.5. The molecule has 0 unspecified atom stereocenters. The Balaban J connectivity index is 1.65. The average Bonchev–Trinajstić information content (AvgIpc) is 3.28. The second kappa shape index (κ2) is 8.49. The quantitative estimate of drug-likeness (QED) is 0.379. The molecule has 0 aliphatic heterocycles. The lowest BCUT2D eigenvalue weighted by Gasteiger charge is -2.06. The number of aromatic nitrogens is 2. The van der Waals surface area contributed by atoms with E-state index >= 15 is 0 Å². The second-order valence-corrected chi connectivity index (χ2v) is 10.1. The zero-order chi connectivity index (χ0) is 22.2. The second-order valence-electron chi connectivity index (χ2n) is 7.29. The van der Waals surface area contributed by atoms with Gasteiger partial charge in [0.05, 0.1) is 27.1 Å². The Morgan fingerprint density at radius 1 is 1.10 bits per heavy atom. The first-order valence-corrected chi connectivity index (χ1v) is 11.8. The molecule has 0 radical (unpaired) electrons. The predicted octanol–water partition coefficient (Wildman–Crippen LogP) is 4.88. The molecule has 4 rings (SSSR count). The van der Waals surface area contributed by atoms with Crippen molar-refractivity contribution in [2.75, 3.05) is 5.75 Å². The number of carbonyl (C=O) groups is 1. The van der Waals surface area contributed by atoms with Crippen LogP contribution >= 0.6 is 23.2 Å². The number of hydrogen-bond donors (Lipinski definition) is 0. The van der Waals surface area contributed by atoms with E-state index in [4.69, 9.17) is 27.7 Å². The number of carbonyl (C=O) groups excluding carboxylic acids is 1. The smallest absolute Gasteiger partial charge is 0.187 e. The summed E-state index contributed by atoms with van der Waals surface area (Å²) in [6.45, 7) is 2.11. The molecule has 160 valence electrons. The molecule has 0 saturated carbocycles. The van der Waals surface area contributed by atoms with Gasteiger partial charge < -0.3 is 9.09 Å². The standard InChI is InChI=1S/C22H18Cl2N2O4S/c1-14-8-16(25-30-14)10-17(27)13-31(28,29)22-12-26(21-5-3-2-4-18(21)22)11-15-6-7-19(23)20(24)9-15/h2-9,12H,10-11,13H2,1H3. The zero-order valence-electron chi connectivity index (χ0n) is 16.5. The molecule has 2 heterocycles. The molecule has 2 aromatic heterocycles. The largest absolute Gasteiger partial charge is 0.361 e. The number of nitrogens with zero attached hydrogens (tertiary/aromatic N) is 2. The van der Waals surface area contributed by atoms with E-state index in [1.807, 2.05) is 22.8 Å². The van der Waals surface area contributed by atoms with Gasteiger partial charge in [-0.1, -0.05) is 52.6 Å². The van der Waals surface area contributed by atoms with Crippen LogP contribution in [0.2, 0.25) is 10.0 Å². The van der Waals surface area contributed by atoms with Crippen molar-refractivity contribution >= 4 is 49.7 Å². The fourth-order valence-corrected chi connectivity index (χ4v) is 5.27. The highest BCUT2D eigenvalue weighted by Crippen LogP contribution is 2.29. The van der Waals surface area contributed by atoms with E-state index in [9.17, 15) is 13.2 Å². The summed E-state index contributed by atoms with van der Waals surface area (Å²) in [5.41, 5.74) is 2.03. The lowest BCUT2D eigenvalue weighted by atomic mass is 10.2. The van der Waals surface area contributed by atoms with Crippen molar-refractivity contribution in [3.05, 3.63) is 81.8 Å². The molecule has 2 aromatic carbocycles. The number of ketones is 1. The van der Waals surface area contributed by atoms with Crippen LogP contribution in [0.1, 0.15) is 17.0 Å². The van der Waals surface area contributed by atoms with Crippen molar-refractivity contribution in [2.45, 2.75) is 24.8 Å². The van der Waals surface area contributed by atoms with Crippen LogP contribution in [0.5, 0.6) is 0 Å². The summed E-state index contributed by atoms with van der Waals surface area (Å²) < 4.78 is 33.0. The van der Waals surface area contributed by atoms with Crippen LogP contribution in [0.25, 0.3) is 10.9 Å².